The minimum absolute atomic E-state index is 0.129. The molecule has 0 aliphatic rings. The predicted octanol–water partition coefficient (Wildman–Crippen LogP) is 3.93. The first-order valence-electron chi connectivity index (χ1n) is 9.87. The zero-order valence-corrected chi connectivity index (χ0v) is 17.3. The Hall–Kier alpha value is -4.33. The molecule has 0 radical (unpaired) electrons. The minimum atomic E-state index is -0.623. The van der Waals surface area contributed by atoms with Crippen molar-refractivity contribution in [3.8, 4) is 5.69 Å². The summed E-state index contributed by atoms with van der Waals surface area (Å²) in [6.07, 6.45) is 5.05. The normalized spacial score (nSPS) is 10.6. The van der Waals surface area contributed by atoms with Crippen LogP contribution in [0.4, 0.5) is 10.1 Å². The lowest BCUT2D eigenvalue weighted by Gasteiger charge is -2.17. The highest BCUT2D eigenvalue weighted by Gasteiger charge is 2.16. The second-order valence-corrected chi connectivity index (χ2v) is 7.17. The molecule has 2 aromatic carbocycles. The lowest BCUT2D eigenvalue weighted by Crippen LogP contribution is -2.27. The SMILES string of the molecule is CN(Cc1ccccn1)C(=O)c1cc(F)cc(NC(=O)c2cccc(-n3cccn3)c2)c1. The molecular weight excluding hydrogens is 409 g/mol. The number of nitrogens with zero attached hydrogens (tertiary/aromatic N) is 4. The van der Waals surface area contributed by atoms with Gasteiger partial charge in [0.2, 0.25) is 0 Å². The van der Waals surface area contributed by atoms with Crippen LogP contribution < -0.4 is 5.32 Å². The first-order valence-corrected chi connectivity index (χ1v) is 9.87. The maximum absolute atomic E-state index is 14.2. The molecule has 2 heterocycles. The van der Waals surface area contributed by atoms with Crippen LogP contribution in [0.5, 0.6) is 0 Å². The van der Waals surface area contributed by atoms with Crippen LogP contribution in [-0.2, 0) is 6.54 Å². The maximum Gasteiger partial charge on any atom is 0.255 e. The van der Waals surface area contributed by atoms with Crippen LogP contribution in [0.3, 0.4) is 0 Å². The first-order chi connectivity index (χ1) is 15.5. The van der Waals surface area contributed by atoms with E-state index in [1.54, 1.807) is 66.7 Å². The fourth-order valence-corrected chi connectivity index (χ4v) is 3.23. The van der Waals surface area contributed by atoms with Gasteiger partial charge in [-0.1, -0.05) is 12.1 Å². The Bertz CT molecular complexity index is 1240. The van der Waals surface area contributed by atoms with E-state index < -0.39 is 11.7 Å². The highest BCUT2D eigenvalue weighted by Crippen LogP contribution is 2.18. The highest BCUT2D eigenvalue weighted by atomic mass is 19.1. The summed E-state index contributed by atoms with van der Waals surface area (Å²) in [6.45, 7) is 0.276. The van der Waals surface area contributed by atoms with Gasteiger partial charge in [-0.25, -0.2) is 9.07 Å². The smallest absolute Gasteiger partial charge is 0.255 e. The molecule has 32 heavy (non-hydrogen) atoms. The van der Waals surface area contributed by atoms with Gasteiger partial charge in [-0.2, -0.15) is 5.10 Å². The zero-order valence-electron chi connectivity index (χ0n) is 17.3. The Morgan fingerprint density at radius 2 is 1.88 bits per heavy atom. The first kappa shape index (κ1) is 20.9. The van der Waals surface area contributed by atoms with E-state index in [-0.39, 0.29) is 23.7 Å². The summed E-state index contributed by atoms with van der Waals surface area (Å²) >= 11 is 0. The third-order valence-corrected chi connectivity index (χ3v) is 4.75. The molecular formula is C24H20FN5O2. The van der Waals surface area contributed by atoms with Crippen LogP contribution in [0.15, 0.2) is 85.3 Å². The monoisotopic (exact) mass is 429 g/mol. The van der Waals surface area contributed by atoms with Gasteiger partial charge < -0.3 is 10.2 Å². The molecule has 4 rings (SSSR count). The summed E-state index contributed by atoms with van der Waals surface area (Å²) in [6, 6.07) is 17.9. The maximum atomic E-state index is 14.2. The Kier molecular flexibility index (Phi) is 6.03. The van der Waals surface area contributed by atoms with Gasteiger partial charge in [0.15, 0.2) is 0 Å². The molecule has 0 aliphatic carbocycles. The van der Waals surface area contributed by atoms with Gasteiger partial charge in [0.1, 0.15) is 5.82 Å². The molecule has 2 aromatic heterocycles. The van der Waals surface area contributed by atoms with Gasteiger partial charge in [-0.3, -0.25) is 14.6 Å². The largest absolute Gasteiger partial charge is 0.336 e. The lowest BCUT2D eigenvalue weighted by molar-refractivity contribution is 0.0782. The standard InChI is InChI=1S/C24H20FN5O2/c1-29(16-20-7-2-3-9-26-20)24(32)18-12-19(25)15-21(13-18)28-23(31)17-6-4-8-22(14-17)30-11-5-10-27-30/h2-15H,16H2,1H3,(H,28,31). The second kappa shape index (κ2) is 9.22. The number of halogens is 1. The zero-order chi connectivity index (χ0) is 22.5. The summed E-state index contributed by atoms with van der Waals surface area (Å²) in [7, 11) is 1.61. The van der Waals surface area contributed by atoms with Gasteiger partial charge in [-0.05, 0) is 54.6 Å². The van der Waals surface area contributed by atoms with Crippen molar-refractivity contribution in [2.45, 2.75) is 6.54 Å². The van der Waals surface area contributed by atoms with E-state index in [1.165, 1.54) is 17.0 Å². The van der Waals surface area contributed by atoms with Gasteiger partial charge in [0.05, 0.1) is 17.9 Å². The molecule has 0 saturated heterocycles. The number of carbonyl (C=O) groups is 2. The van der Waals surface area contributed by atoms with E-state index in [0.29, 0.717) is 16.9 Å². The summed E-state index contributed by atoms with van der Waals surface area (Å²) < 4.78 is 15.9. The molecule has 7 nitrogen and oxygen atoms in total. The van der Waals surface area contributed by atoms with E-state index in [0.717, 1.165) is 6.07 Å². The fourth-order valence-electron chi connectivity index (χ4n) is 3.23. The third kappa shape index (κ3) is 4.86. The van der Waals surface area contributed by atoms with Gasteiger partial charge in [0.25, 0.3) is 11.8 Å². The second-order valence-electron chi connectivity index (χ2n) is 7.17. The van der Waals surface area contributed by atoms with E-state index >= 15 is 0 Å². The van der Waals surface area contributed by atoms with E-state index in [2.05, 4.69) is 15.4 Å². The van der Waals surface area contributed by atoms with Gasteiger partial charge in [0, 0.05) is 42.5 Å². The van der Waals surface area contributed by atoms with E-state index in [1.807, 2.05) is 12.1 Å². The summed E-state index contributed by atoms with van der Waals surface area (Å²) in [5, 5.41) is 6.81. The van der Waals surface area contributed by atoms with Crippen molar-refractivity contribution >= 4 is 17.5 Å². The topological polar surface area (TPSA) is 80.1 Å². The molecule has 8 heteroatoms. The molecule has 0 unspecified atom stereocenters. The number of aromatic nitrogens is 3. The summed E-state index contributed by atoms with van der Waals surface area (Å²) in [5.41, 5.74) is 2.12. The lowest BCUT2D eigenvalue weighted by atomic mass is 10.1. The number of nitrogens with one attached hydrogen (secondary N) is 1. The average Bonchev–Trinajstić information content (AvgIpc) is 3.34. The molecule has 160 valence electrons. The predicted molar refractivity (Wildman–Crippen MR) is 118 cm³/mol. The molecule has 4 aromatic rings. The molecule has 0 spiro atoms. The van der Waals surface area contributed by atoms with Crippen molar-refractivity contribution in [3.05, 3.63) is 108 Å². The molecule has 2 amide bonds. The van der Waals surface area contributed by atoms with Crippen molar-refractivity contribution in [1.29, 1.82) is 0 Å². The van der Waals surface area contributed by atoms with Crippen molar-refractivity contribution in [2.24, 2.45) is 0 Å². The van der Waals surface area contributed by atoms with Crippen molar-refractivity contribution in [3.63, 3.8) is 0 Å². The summed E-state index contributed by atoms with van der Waals surface area (Å²) in [5.74, 6) is -1.43. The number of hydrogen-bond donors (Lipinski definition) is 1. The number of pyridine rings is 1. The quantitative estimate of drug-likeness (QED) is 0.504. The number of amides is 2. The Balaban J connectivity index is 1.51. The highest BCUT2D eigenvalue weighted by molar-refractivity contribution is 6.05. The Labute approximate surface area is 184 Å². The molecule has 0 atom stereocenters. The van der Waals surface area contributed by atoms with Gasteiger partial charge >= 0.3 is 0 Å². The molecule has 0 aliphatic heterocycles. The minimum Gasteiger partial charge on any atom is -0.336 e. The van der Waals surface area contributed by atoms with Crippen LogP contribution in [-0.4, -0.2) is 38.5 Å². The third-order valence-electron chi connectivity index (χ3n) is 4.75. The fraction of sp³-hybridized carbons (Fsp3) is 0.0833. The van der Waals surface area contributed by atoms with Crippen LogP contribution in [0, 0.1) is 5.82 Å². The molecule has 0 fully saturated rings. The molecule has 1 N–H and O–H groups in total. The summed E-state index contributed by atoms with van der Waals surface area (Å²) in [4.78, 5) is 31.2. The Morgan fingerprint density at radius 1 is 1.00 bits per heavy atom. The number of hydrogen-bond acceptors (Lipinski definition) is 4. The van der Waals surface area contributed by atoms with E-state index in [9.17, 15) is 14.0 Å². The van der Waals surface area contributed by atoms with Gasteiger partial charge in [-0.15, -0.1) is 0 Å². The van der Waals surface area contributed by atoms with Crippen molar-refractivity contribution in [1.82, 2.24) is 19.7 Å². The molecule has 0 saturated carbocycles. The van der Waals surface area contributed by atoms with E-state index in [4.69, 9.17) is 0 Å². The number of carbonyl (C=O) groups excluding carboxylic acids is 2. The van der Waals surface area contributed by atoms with Crippen LogP contribution in [0.25, 0.3) is 5.69 Å². The number of benzene rings is 2. The van der Waals surface area contributed by atoms with Crippen molar-refractivity contribution < 1.29 is 14.0 Å². The van der Waals surface area contributed by atoms with Crippen LogP contribution >= 0.6 is 0 Å². The Morgan fingerprint density at radius 3 is 2.62 bits per heavy atom. The average molecular weight is 429 g/mol. The number of anilines is 1. The van der Waals surface area contributed by atoms with Crippen LogP contribution in [0.2, 0.25) is 0 Å². The number of rotatable bonds is 6. The van der Waals surface area contributed by atoms with Crippen LogP contribution in [0.1, 0.15) is 26.4 Å². The van der Waals surface area contributed by atoms with Crippen molar-refractivity contribution in [2.75, 3.05) is 12.4 Å². The molecule has 0 bridgehead atoms.